The number of aliphatic hydroxyl groups is 1. The number of ether oxygens (including phenoxy) is 1. The maximum absolute atomic E-state index is 12.2. The van der Waals surface area contributed by atoms with Gasteiger partial charge in [-0.05, 0) is 55.8 Å². The third-order valence-corrected chi connectivity index (χ3v) is 5.38. The number of nitrogens with zero attached hydrogens (tertiary/aromatic N) is 3. The minimum Gasteiger partial charge on any atom is -0.491 e. The molecular weight excluding hydrogens is 380 g/mol. The fourth-order valence-electron chi connectivity index (χ4n) is 3.81. The van der Waals surface area contributed by atoms with Crippen molar-refractivity contribution in [3.8, 4) is 17.0 Å². The second-order valence-corrected chi connectivity index (χ2v) is 7.52. The molecule has 1 aromatic carbocycles. The number of hydrogen-bond donors (Lipinski definition) is 2. The Balaban J connectivity index is 1.37. The van der Waals surface area contributed by atoms with E-state index in [0.717, 1.165) is 49.6 Å². The number of aromatic nitrogens is 3. The van der Waals surface area contributed by atoms with Crippen LogP contribution < -0.4 is 10.3 Å². The molecule has 4 rings (SSSR count). The van der Waals surface area contributed by atoms with Gasteiger partial charge in [-0.2, -0.15) is 0 Å². The first-order valence-corrected chi connectivity index (χ1v) is 10.3. The van der Waals surface area contributed by atoms with Gasteiger partial charge in [0.15, 0.2) is 0 Å². The predicted molar refractivity (Wildman–Crippen MR) is 114 cm³/mol. The van der Waals surface area contributed by atoms with Crippen molar-refractivity contribution < 1.29 is 9.84 Å². The van der Waals surface area contributed by atoms with Gasteiger partial charge in [0, 0.05) is 36.5 Å². The van der Waals surface area contributed by atoms with Gasteiger partial charge < -0.3 is 14.8 Å². The van der Waals surface area contributed by atoms with E-state index in [1.54, 1.807) is 12.4 Å². The summed E-state index contributed by atoms with van der Waals surface area (Å²) in [7, 11) is 0. The minimum atomic E-state index is -0.121. The largest absolute Gasteiger partial charge is 0.491 e. The van der Waals surface area contributed by atoms with Crippen LogP contribution in [0, 0.1) is 0 Å². The van der Waals surface area contributed by atoms with Gasteiger partial charge in [0.05, 0.1) is 12.3 Å². The van der Waals surface area contributed by atoms with E-state index in [4.69, 9.17) is 14.8 Å². The summed E-state index contributed by atoms with van der Waals surface area (Å²) in [6.07, 6.45) is 5.35. The average Bonchev–Trinajstić information content (AvgIpc) is 2.79. The third kappa shape index (κ3) is 5.11. The van der Waals surface area contributed by atoms with Crippen molar-refractivity contribution in [2.45, 2.75) is 25.3 Å². The molecule has 30 heavy (non-hydrogen) atoms. The molecule has 1 fully saturated rings. The highest BCUT2D eigenvalue weighted by molar-refractivity contribution is 5.56. The van der Waals surface area contributed by atoms with Crippen molar-refractivity contribution in [2.24, 2.45) is 0 Å². The summed E-state index contributed by atoms with van der Waals surface area (Å²) in [5, 5.41) is 8.83. The Hall–Kier alpha value is -3.03. The van der Waals surface area contributed by atoms with Crippen molar-refractivity contribution >= 4 is 0 Å². The van der Waals surface area contributed by atoms with E-state index in [-0.39, 0.29) is 18.1 Å². The van der Waals surface area contributed by atoms with Crippen molar-refractivity contribution in [1.29, 1.82) is 0 Å². The molecule has 7 heteroatoms. The van der Waals surface area contributed by atoms with Crippen LogP contribution in [-0.4, -0.2) is 51.3 Å². The van der Waals surface area contributed by atoms with Crippen LogP contribution in [0.4, 0.5) is 0 Å². The molecule has 0 saturated carbocycles. The van der Waals surface area contributed by atoms with Gasteiger partial charge in [-0.3, -0.25) is 14.7 Å². The van der Waals surface area contributed by atoms with E-state index in [2.05, 4.69) is 27.0 Å². The van der Waals surface area contributed by atoms with Crippen LogP contribution in [0.1, 0.15) is 30.1 Å². The number of nitrogens with one attached hydrogen (secondary N) is 1. The molecule has 1 saturated heterocycles. The van der Waals surface area contributed by atoms with Crippen LogP contribution in [0.15, 0.2) is 59.7 Å². The molecule has 156 valence electrons. The second-order valence-electron chi connectivity index (χ2n) is 7.52. The number of likely N-dealkylation sites (tertiary alicyclic amines) is 1. The van der Waals surface area contributed by atoms with Crippen molar-refractivity contribution in [2.75, 3.05) is 26.3 Å². The zero-order valence-electron chi connectivity index (χ0n) is 16.8. The Morgan fingerprint density at radius 3 is 2.67 bits per heavy atom. The summed E-state index contributed by atoms with van der Waals surface area (Å²) in [5.41, 5.74) is 2.64. The Morgan fingerprint density at radius 1 is 1.17 bits per heavy atom. The molecule has 0 amide bonds. The molecule has 0 unspecified atom stereocenters. The average molecular weight is 406 g/mol. The third-order valence-electron chi connectivity index (χ3n) is 5.38. The topological polar surface area (TPSA) is 91.3 Å². The van der Waals surface area contributed by atoms with E-state index in [9.17, 15) is 4.79 Å². The van der Waals surface area contributed by atoms with Gasteiger partial charge in [-0.25, -0.2) is 4.98 Å². The molecule has 0 spiro atoms. The first kappa shape index (κ1) is 20.3. The minimum absolute atomic E-state index is 0.0158. The van der Waals surface area contributed by atoms with Crippen molar-refractivity contribution in [3.63, 3.8) is 0 Å². The smallest absolute Gasteiger partial charge is 0.251 e. The number of aromatic amines is 1. The summed E-state index contributed by atoms with van der Waals surface area (Å²) in [6.45, 7) is 3.11. The maximum Gasteiger partial charge on any atom is 0.251 e. The number of benzene rings is 1. The number of piperidine rings is 1. The fraction of sp³-hybridized carbons (Fsp3) is 0.348. The monoisotopic (exact) mass is 406 g/mol. The van der Waals surface area contributed by atoms with E-state index >= 15 is 0 Å². The Labute approximate surface area is 175 Å². The van der Waals surface area contributed by atoms with E-state index in [1.807, 2.05) is 24.3 Å². The van der Waals surface area contributed by atoms with Gasteiger partial charge in [0.25, 0.3) is 5.56 Å². The predicted octanol–water partition coefficient (Wildman–Crippen LogP) is 2.58. The molecule has 3 aromatic rings. The van der Waals surface area contributed by atoms with Crippen molar-refractivity contribution in [3.05, 3.63) is 76.6 Å². The first-order chi connectivity index (χ1) is 14.7. The molecule has 7 nitrogen and oxygen atoms in total. The van der Waals surface area contributed by atoms with Crippen LogP contribution >= 0.6 is 0 Å². The fourth-order valence-corrected chi connectivity index (χ4v) is 3.81. The molecule has 2 N–H and O–H groups in total. The van der Waals surface area contributed by atoms with Gasteiger partial charge in [-0.1, -0.05) is 12.1 Å². The number of pyridine rings is 1. The molecule has 0 atom stereocenters. The molecule has 1 aliphatic rings. The molecule has 3 heterocycles. The lowest BCUT2D eigenvalue weighted by Crippen LogP contribution is -2.33. The van der Waals surface area contributed by atoms with E-state index in [0.29, 0.717) is 12.3 Å². The second kappa shape index (κ2) is 9.65. The highest BCUT2D eigenvalue weighted by Gasteiger charge is 2.23. The Kier molecular flexibility index (Phi) is 6.51. The number of hydrogen-bond acceptors (Lipinski definition) is 6. The van der Waals surface area contributed by atoms with Crippen molar-refractivity contribution in [1.82, 2.24) is 19.9 Å². The zero-order valence-corrected chi connectivity index (χ0v) is 16.8. The molecule has 2 aromatic heterocycles. The highest BCUT2D eigenvalue weighted by Crippen LogP contribution is 2.27. The molecular formula is C23H26N4O3. The molecule has 0 radical (unpaired) electrons. The molecule has 0 aliphatic carbocycles. The van der Waals surface area contributed by atoms with Gasteiger partial charge >= 0.3 is 0 Å². The van der Waals surface area contributed by atoms with Gasteiger partial charge in [-0.15, -0.1) is 0 Å². The lowest BCUT2D eigenvalue weighted by molar-refractivity contribution is 0.199. The van der Waals surface area contributed by atoms with E-state index < -0.39 is 0 Å². The summed E-state index contributed by atoms with van der Waals surface area (Å²) in [4.78, 5) is 26.4. The molecule has 1 aliphatic heterocycles. The highest BCUT2D eigenvalue weighted by atomic mass is 16.5. The van der Waals surface area contributed by atoms with Gasteiger partial charge in [0.1, 0.15) is 18.2 Å². The number of aliphatic hydroxyl groups excluding tert-OH is 1. The summed E-state index contributed by atoms with van der Waals surface area (Å²) < 4.78 is 5.41. The molecule has 0 bridgehead atoms. The standard InChI is InChI=1S/C23H26N4O3/c28-12-13-30-20-5-3-17(4-6-20)16-27-10-7-18(8-11-27)23-25-21(14-22(29)26-23)19-2-1-9-24-15-19/h1-6,9,14-15,18,28H,7-8,10-13,16H2,(H,25,26,29). The summed E-state index contributed by atoms with van der Waals surface area (Å²) in [5.74, 6) is 1.79. The SMILES string of the molecule is O=c1cc(-c2cccnc2)nc(C2CCN(Cc3ccc(OCCO)cc3)CC2)[nH]1. The van der Waals surface area contributed by atoms with Crippen LogP contribution in [0.25, 0.3) is 11.3 Å². The zero-order chi connectivity index (χ0) is 20.8. The van der Waals surface area contributed by atoms with Crippen LogP contribution in [0.5, 0.6) is 5.75 Å². The normalized spacial score (nSPS) is 15.2. The van der Waals surface area contributed by atoms with Crippen LogP contribution in [0.3, 0.4) is 0 Å². The van der Waals surface area contributed by atoms with E-state index in [1.165, 1.54) is 11.6 Å². The van der Waals surface area contributed by atoms with Crippen LogP contribution in [-0.2, 0) is 6.54 Å². The summed E-state index contributed by atoms with van der Waals surface area (Å²) >= 11 is 0. The Bertz CT molecular complexity index is 997. The number of rotatable bonds is 7. The first-order valence-electron chi connectivity index (χ1n) is 10.3. The Morgan fingerprint density at radius 2 is 1.97 bits per heavy atom. The lowest BCUT2D eigenvalue weighted by atomic mass is 9.95. The maximum atomic E-state index is 12.2. The van der Waals surface area contributed by atoms with Gasteiger partial charge in [0.2, 0.25) is 0 Å². The van der Waals surface area contributed by atoms with Crippen LogP contribution in [0.2, 0.25) is 0 Å². The summed E-state index contributed by atoms with van der Waals surface area (Å²) in [6, 6.07) is 13.3. The lowest BCUT2D eigenvalue weighted by Gasteiger charge is -2.31. The number of H-pyrrole nitrogens is 1. The quantitative estimate of drug-likeness (QED) is 0.627.